The Hall–Kier alpha value is -1.78. The second kappa shape index (κ2) is 8.01. The predicted octanol–water partition coefficient (Wildman–Crippen LogP) is 3.83. The number of fused-ring (bicyclic) bond motifs is 1. The lowest BCUT2D eigenvalue weighted by Gasteiger charge is -2.33. The summed E-state index contributed by atoms with van der Waals surface area (Å²) in [5.41, 5.74) is 3.48. The van der Waals surface area contributed by atoms with Gasteiger partial charge in [0.15, 0.2) is 0 Å². The molecule has 0 bridgehead atoms. The van der Waals surface area contributed by atoms with E-state index in [9.17, 15) is 9.90 Å². The van der Waals surface area contributed by atoms with Crippen LogP contribution in [0, 0.1) is 0 Å². The molecule has 0 amide bonds. The molecule has 2 rings (SSSR count). The molecule has 1 aromatic rings. The Balaban J connectivity index is 2.02. The highest BCUT2D eigenvalue weighted by Gasteiger charge is 2.31. The van der Waals surface area contributed by atoms with Crippen molar-refractivity contribution in [2.45, 2.75) is 25.4 Å². The van der Waals surface area contributed by atoms with Crippen LogP contribution in [-0.4, -0.2) is 27.2 Å². The number of hydrogen-bond acceptors (Lipinski definition) is 3. The average molecular weight is 315 g/mol. The molecule has 0 aliphatic carbocycles. The zero-order valence-electron chi connectivity index (χ0n) is 12.6. The van der Waals surface area contributed by atoms with E-state index in [1.165, 1.54) is 5.56 Å². The summed E-state index contributed by atoms with van der Waals surface area (Å²) in [6.45, 7) is 8.15. The monoisotopic (exact) mass is 315 g/mol. The minimum absolute atomic E-state index is 0.463. The van der Waals surface area contributed by atoms with Crippen LogP contribution in [-0.2, 0) is 17.8 Å². The molecule has 3 nitrogen and oxygen atoms in total. The van der Waals surface area contributed by atoms with Gasteiger partial charge in [0.1, 0.15) is 6.04 Å². The number of hydrogen-bond donors (Lipinski definition) is 1. The third-order valence-electron chi connectivity index (χ3n) is 3.73. The van der Waals surface area contributed by atoms with E-state index >= 15 is 0 Å². The maximum absolute atomic E-state index is 11.5. The van der Waals surface area contributed by atoms with Gasteiger partial charge in [0.2, 0.25) is 0 Å². The van der Waals surface area contributed by atoms with Crippen LogP contribution in [0.2, 0.25) is 0 Å². The largest absolute Gasteiger partial charge is 0.480 e. The van der Waals surface area contributed by atoms with Crippen molar-refractivity contribution in [1.29, 1.82) is 0 Å². The van der Waals surface area contributed by atoms with Gasteiger partial charge >= 0.3 is 5.97 Å². The van der Waals surface area contributed by atoms with Gasteiger partial charge in [0.25, 0.3) is 0 Å². The van der Waals surface area contributed by atoms with E-state index in [2.05, 4.69) is 19.2 Å². The van der Waals surface area contributed by atoms with E-state index in [1.807, 2.05) is 34.7 Å². The minimum atomic E-state index is -0.757. The molecule has 0 saturated heterocycles. The molecule has 1 heterocycles. The highest BCUT2D eigenvalue weighted by molar-refractivity contribution is 7.97. The smallest absolute Gasteiger partial charge is 0.322 e. The molecule has 0 saturated carbocycles. The maximum atomic E-state index is 11.5. The van der Waals surface area contributed by atoms with Gasteiger partial charge in [-0.1, -0.05) is 67.6 Å². The van der Waals surface area contributed by atoms with Gasteiger partial charge in [-0.05, 0) is 29.5 Å². The summed E-state index contributed by atoms with van der Waals surface area (Å²) in [7, 11) is 0. The first-order valence-corrected chi connectivity index (χ1v) is 8.23. The second-order valence-corrected chi connectivity index (χ2v) is 6.30. The first kappa shape index (κ1) is 16.6. The molecule has 1 N–H and O–H groups in total. The van der Waals surface area contributed by atoms with Gasteiger partial charge in [-0.2, -0.15) is 0 Å². The number of carboxylic acids is 1. The van der Waals surface area contributed by atoms with Crippen LogP contribution in [0.25, 0.3) is 0 Å². The van der Waals surface area contributed by atoms with Crippen LogP contribution < -0.4 is 0 Å². The van der Waals surface area contributed by atoms with Crippen LogP contribution in [0.15, 0.2) is 61.2 Å². The zero-order chi connectivity index (χ0) is 15.9. The van der Waals surface area contributed by atoms with E-state index < -0.39 is 12.0 Å². The Morgan fingerprint density at radius 3 is 2.73 bits per heavy atom. The van der Waals surface area contributed by atoms with Crippen LogP contribution in [0.5, 0.6) is 0 Å². The van der Waals surface area contributed by atoms with Crippen LogP contribution in [0.4, 0.5) is 0 Å². The second-order valence-electron chi connectivity index (χ2n) is 5.17. The summed E-state index contributed by atoms with van der Waals surface area (Å²) >= 11 is 1.60. The van der Waals surface area contributed by atoms with Crippen molar-refractivity contribution in [3.63, 3.8) is 0 Å². The normalized spacial score (nSPS) is 18.5. The Labute approximate surface area is 136 Å². The molecule has 0 spiro atoms. The first-order valence-electron chi connectivity index (χ1n) is 7.29. The van der Waals surface area contributed by atoms with Gasteiger partial charge < -0.3 is 5.11 Å². The molecule has 0 fully saturated rings. The molecular formula is C18H21NO2S. The number of benzene rings is 1. The number of allylic oxidation sites excluding steroid dienone is 4. The number of rotatable bonds is 7. The Morgan fingerprint density at radius 1 is 1.36 bits per heavy atom. The molecule has 1 unspecified atom stereocenters. The summed E-state index contributed by atoms with van der Waals surface area (Å²) in [6, 6.07) is 7.61. The van der Waals surface area contributed by atoms with Crippen molar-refractivity contribution >= 4 is 17.9 Å². The molecular weight excluding hydrogens is 294 g/mol. The SMILES string of the molecule is C=C/C=C(\C=C)CCSN1Cc2ccccc2CC1C(=O)O. The van der Waals surface area contributed by atoms with Crippen LogP contribution >= 0.6 is 11.9 Å². The molecule has 1 atom stereocenters. The Kier molecular flexibility index (Phi) is 6.04. The number of carboxylic acid groups (broad SMARTS) is 1. The highest BCUT2D eigenvalue weighted by atomic mass is 32.2. The topological polar surface area (TPSA) is 40.5 Å². The van der Waals surface area contributed by atoms with Crippen molar-refractivity contribution < 1.29 is 9.90 Å². The standard InChI is InChI=1S/C18H21NO2S/c1-3-7-14(4-2)10-11-22-19-13-16-9-6-5-8-15(16)12-17(19)18(20)21/h3-9,17H,1-2,10-13H2,(H,20,21)/b14-7+. The molecule has 0 radical (unpaired) electrons. The van der Waals surface area contributed by atoms with Gasteiger partial charge in [-0.3, -0.25) is 4.79 Å². The lowest BCUT2D eigenvalue weighted by atomic mass is 9.96. The van der Waals surface area contributed by atoms with Gasteiger partial charge in [-0.15, -0.1) is 0 Å². The Bertz CT molecular complexity index is 595. The van der Waals surface area contributed by atoms with E-state index in [0.717, 1.165) is 23.3 Å². The van der Waals surface area contributed by atoms with Crippen molar-refractivity contribution in [1.82, 2.24) is 4.31 Å². The molecule has 22 heavy (non-hydrogen) atoms. The zero-order valence-corrected chi connectivity index (χ0v) is 13.4. The maximum Gasteiger partial charge on any atom is 0.322 e. The summed E-state index contributed by atoms with van der Waals surface area (Å²) in [5.74, 6) is 0.0741. The fourth-order valence-corrected chi connectivity index (χ4v) is 3.67. The molecule has 1 aromatic carbocycles. The highest BCUT2D eigenvalue weighted by Crippen LogP contribution is 2.29. The minimum Gasteiger partial charge on any atom is -0.480 e. The molecule has 116 valence electrons. The fourth-order valence-electron chi connectivity index (χ4n) is 2.53. The van der Waals surface area contributed by atoms with E-state index in [0.29, 0.717) is 13.0 Å². The van der Waals surface area contributed by atoms with Gasteiger partial charge in [0.05, 0.1) is 0 Å². The van der Waals surface area contributed by atoms with Crippen LogP contribution in [0.3, 0.4) is 0 Å². The molecule has 0 aromatic heterocycles. The van der Waals surface area contributed by atoms with E-state index in [4.69, 9.17) is 0 Å². The first-order chi connectivity index (χ1) is 10.7. The molecule has 1 aliphatic rings. The number of aliphatic carboxylic acids is 1. The van der Waals surface area contributed by atoms with Crippen molar-refractivity contribution in [3.8, 4) is 0 Å². The van der Waals surface area contributed by atoms with E-state index in [1.54, 1.807) is 18.0 Å². The molecule has 1 aliphatic heterocycles. The summed E-state index contributed by atoms with van der Waals surface area (Å²) in [4.78, 5) is 11.5. The van der Waals surface area contributed by atoms with Crippen molar-refractivity contribution in [2.24, 2.45) is 0 Å². The predicted molar refractivity (Wildman–Crippen MR) is 92.7 cm³/mol. The van der Waals surface area contributed by atoms with Gasteiger partial charge in [-0.25, -0.2) is 4.31 Å². The quantitative estimate of drug-likeness (QED) is 0.613. The lowest BCUT2D eigenvalue weighted by molar-refractivity contribution is -0.141. The Morgan fingerprint density at radius 2 is 2.09 bits per heavy atom. The third kappa shape index (κ3) is 4.12. The number of nitrogens with zero attached hydrogens (tertiary/aromatic N) is 1. The average Bonchev–Trinajstić information content (AvgIpc) is 2.53. The van der Waals surface area contributed by atoms with Crippen LogP contribution in [0.1, 0.15) is 17.5 Å². The number of carbonyl (C=O) groups is 1. The molecule has 4 heteroatoms. The third-order valence-corrected chi connectivity index (χ3v) is 4.83. The van der Waals surface area contributed by atoms with E-state index in [-0.39, 0.29) is 0 Å². The summed E-state index contributed by atoms with van der Waals surface area (Å²) < 4.78 is 1.99. The van der Waals surface area contributed by atoms with Crippen molar-refractivity contribution in [2.75, 3.05) is 5.75 Å². The van der Waals surface area contributed by atoms with Gasteiger partial charge in [0, 0.05) is 12.3 Å². The summed E-state index contributed by atoms with van der Waals surface area (Å²) in [6.07, 6.45) is 6.93. The lowest BCUT2D eigenvalue weighted by Crippen LogP contribution is -2.41. The fraction of sp³-hybridized carbons (Fsp3) is 0.278. The summed E-state index contributed by atoms with van der Waals surface area (Å²) in [5, 5.41) is 9.48. The van der Waals surface area contributed by atoms with Crippen molar-refractivity contribution in [3.05, 3.63) is 72.4 Å².